The first-order valence-corrected chi connectivity index (χ1v) is 8.40. The van der Waals surface area contributed by atoms with Crippen LogP contribution in [0.1, 0.15) is 0 Å². The van der Waals surface area contributed by atoms with Crippen molar-refractivity contribution in [3.8, 4) is 5.75 Å². The summed E-state index contributed by atoms with van der Waals surface area (Å²) in [4.78, 5) is 4.00. The minimum atomic E-state index is -3.16. The third-order valence-corrected chi connectivity index (χ3v) is 5.34. The molecule has 0 aliphatic carbocycles. The van der Waals surface area contributed by atoms with Gasteiger partial charge < -0.3 is 9.47 Å². The van der Waals surface area contributed by atoms with Crippen molar-refractivity contribution in [3.63, 3.8) is 0 Å². The summed E-state index contributed by atoms with van der Waals surface area (Å²) in [6.07, 6.45) is 4.60. The highest BCUT2D eigenvalue weighted by Crippen LogP contribution is 2.42. The SMILES string of the molecule is CS(=O)(=O)N1C[C@@H]2COC[C@]2(COc2cccnc2)C1. The first-order valence-electron chi connectivity index (χ1n) is 6.55. The summed E-state index contributed by atoms with van der Waals surface area (Å²) < 4.78 is 36.3. The van der Waals surface area contributed by atoms with E-state index in [4.69, 9.17) is 9.47 Å². The van der Waals surface area contributed by atoms with Gasteiger partial charge in [0.05, 0.1) is 32.3 Å². The Morgan fingerprint density at radius 3 is 3.15 bits per heavy atom. The fourth-order valence-electron chi connectivity index (χ4n) is 2.90. The average Bonchev–Trinajstić information content (AvgIpc) is 2.94. The van der Waals surface area contributed by atoms with Crippen molar-refractivity contribution in [2.45, 2.75) is 0 Å². The fraction of sp³-hybridized carbons (Fsp3) is 0.615. The summed E-state index contributed by atoms with van der Waals surface area (Å²) in [5.74, 6) is 0.902. The lowest BCUT2D eigenvalue weighted by Crippen LogP contribution is -2.38. The number of fused-ring (bicyclic) bond motifs is 1. The molecule has 0 aromatic carbocycles. The number of hydrogen-bond donors (Lipinski definition) is 0. The zero-order valence-corrected chi connectivity index (χ0v) is 12.2. The van der Waals surface area contributed by atoms with Crippen molar-refractivity contribution in [3.05, 3.63) is 24.5 Å². The van der Waals surface area contributed by atoms with Gasteiger partial charge in [-0.05, 0) is 12.1 Å². The molecule has 0 radical (unpaired) electrons. The van der Waals surface area contributed by atoms with Gasteiger partial charge in [-0.15, -0.1) is 0 Å². The molecule has 0 unspecified atom stereocenters. The number of rotatable bonds is 4. The van der Waals surface area contributed by atoms with E-state index in [1.165, 1.54) is 10.6 Å². The van der Waals surface area contributed by atoms with Gasteiger partial charge in [-0.1, -0.05) is 0 Å². The Kier molecular flexibility index (Phi) is 3.43. The summed E-state index contributed by atoms with van der Waals surface area (Å²) in [6.45, 7) is 2.59. The summed E-state index contributed by atoms with van der Waals surface area (Å²) >= 11 is 0. The van der Waals surface area contributed by atoms with E-state index < -0.39 is 10.0 Å². The first kappa shape index (κ1) is 13.8. The molecule has 0 amide bonds. The van der Waals surface area contributed by atoms with E-state index in [9.17, 15) is 8.42 Å². The van der Waals surface area contributed by atoms with Crippen molar-refractivity contribution in [1.82, 2.24) is 9.29 Å². The molecule has 2 aliphatic heterocycles. The summed E-state index contributed by atoms with van der Waals surface area (Å²) in [5, 5.41) is 0. The molecule has 1 aromatic heterocycles. The van der Waals surface area contributed by atoms with Crippen molar-refractivity contribution in [1.29, 1.82) is 0 Å². The smallest absolute Gasteiger partial charge is 0.211 e. The monoisotopic (exact) mass is 298 g/mol. The molecule has 0 bridgehead atoms. The number of sulfonamides is 1. The quantitative estimate of drug-likeness (QED) is 0.803. The minimum Gasteiger partial charge on any atom is -0.491 e. The molecular weight excluding hydrogens is 280 g/mol. The lowest BCUT2D eigenvalue weighted by atomic mass is 9.82. The van der Waals surface area contributed by atoms with Crippen molar-refractivity contribution < 1.29 is 17.9 Å². The molecule has 6 nitrogen and oxygen atoms in total. The predicted molar refractivity (Wildman–Crippen MR) is 72.9 cm³/mol. The van der Waals surface area contributed by atoms with Crippen LogP contribution in [0.3, 0.4) is 0 Å². The zero-order valence-electron chi connectivity index (χ0n) is 11.4. The van der Waals surface area contributed by atoms with Crippen LogP contribution in [0.15, 0.2) is 24.5 Å². The molecule has 0 spiro atoms. The van der Waals surface area contributed by atoms with E-state index in [2.05, 4.69) is 4.98 Å². The van der Waals surface area contributed by atoms with Gasteiger partial charge in [-0.3, -0.25) is 4.98 Å². The van der Waals surface area contributed by atoms with Crippen LogP contribution in [0.2, 0.25) is 0 Å². The normalized spacial score (nSPS) is 30.4. The van der Waals surface area contributed by atoms with E-state index in [1.54, 1.807) is 12.4 Å². The van der Waals surface area contributed by atoms with Crippen molar-refractivity contribution in [2.75, 3.05) is 39.2 Å². The molecule has 3 rings (SSSR count). The van der Waals surface area contributed by atoms with Crippen LogP contribution < -0.4 is 4.74 Å². The van der Waals surface area contributed by atoms with E-state index in [1.807, 2.05) is 12.1 Å². The lowest BCUT2D eigenvalue weighted by Gasteiger charge is -2.26. The second-order valence-corrected chi connectivity index (χ2v) is 7.59. The minimum absolute atomic E-state index is 0.203. The summed E-state index contributed by atoms with van der Waals surface area (Å²) in [5.41, 5.74) is -0.237. The van der Waals surface area contributed by atoms with Crippen LogP contribution >= 0.6 is 0 Å². The molecule has 2 aliphatic rings. The van der Waals surface area contributed by atoms with Crippen LogP contribution in [-0.2, 0) is 14.8 Å². The second-order valence-electron chi connectivity index (χ2n) is 5.61. The predicted octanol–water partition coefficient (Wildman–Crippen LogP) is 0.368. The summed E-state index contributed by atoms with van der Waals surface area (Å²) in [7, 11) is -3.16. The number of aromatic nitrogens is 1. The Labute approximate surface area is 118 Å². The Bertz CT molecular complexity index is 577. The Morgan fingerprint density at radius 1 is 1.60 bits per heavy atom. The Hall–Kier alpha value is -1.18. The summed E-state index contributed by atoms with van der Waals surface area (Å²) in [6, 6.07) is 3.66. The highest BCUT2D eigenvalue weighted by atomic mass is 32.2. The first-order chi connectivity index (χ1) is 9.50. The Balaban J connectivity index is 1.73. The second kappa shape index (κ2) is 4.98. The molecule has 1 aromatic rings. The Morgan fingerprint density at radius 2 is 2.45 bits per heavy atom. The molecular formula is C13H18N2O4S. The topological polar surface area (TPSA) is 68.7 Å². The van der Waals surface area contributed by atoms with Gasteiger partial charge in [0, 0.05) is 30.6 Å². The van der Waals surface area contributed by atoms with Crippen LogP contribution in [0.5, 0.6) is 5.75 Å². The van der Waals surface area contributed by atoms with Crippen LogP contribution in [0.4, 0.5) is 0 Å². The highest BCUT2D eigenvalue weighted by Gasteiger charge is 2.53. The lowest BCUT2D eigenvalue weighted by molar-refractivity contribution is 0.101. The van der Waals surface area contributed by atoms with Gasteiger partial charge in [0.25, 0.3) is 0 Å². The van der Waals surface area contributed by atoms with Crippen LogP contribution in [0.25, 0.3) is 0 Å². The molecule has 7 heteroatoms. The molecule has 2 saturated heterocycles. The van der Waals surface area contributed by atoms with Gasteiger partial charge in [-0.25, -0.2) is 12.7 Å². The molecule has 3 heterocycles. The number of ether oxygens (including phenoxy) is 2. The molecule has 0 saturated carbocycles. The standard InChI is InChI=1S/C13H18N2O4S/c1-20(16,17)15-6-11-7-18-9-13(11,8-15)10-19-12-3-2-4-14-5-12/h2-5,11H,6-10H2,1H3/t11-,13+/m1/s1. The third kappa shape index (κ3) is 2.53. The number of pyridine rings is 1. The highest BCUT2D eigenvalue weighted by molar-refractivity contribution is 7.88. The van der Waals surface area contributed by atoms with Crippen LogP contribution in [-0.4, -0.2) is 56.9 Å². The molecule has 2 atom stereocenters. The largest absolute Gasteiger partial charge is 0.491 e. The fourth-order valence-corrected chi connectivity index (χ4v) is 3.84. The van der Waals surface area contributed by atoms with Gasteiger partial charge in [-0.2, -0.15) is 0 Å². The average molecular weight is 298 g/mol. The van der Waals surface area contributed by atoms with Gasteiger partial charge in [0.1, 0.15) is 5.75 Å². The number of nitrogens with zero attached hydrogens (tertiary/aromatic N) is 2. The van der Waals surface area contributed by atoms with Crippen molar-refractivity contribution in [2.24, 2.45) is 11.3 Å². The maximum atomic E-state index is 11.7. The zero-order chi connectivity index (χ0) is 14.2. The van der Waals surface area contributed by atoms with E-state index in [0.29, 0.717) is 38.7 Å². The van der Waals surface area contributed by atoms with Crippen LogP contribution in [0, 0.1) is 11.3 Å². The van der Waals surface area contributed by atoms with Gasteiger partial charge in [0.15, 0.2) is 0 Å². The molecule has 0 N–H and O–H groups in total. The molecule has 2 fully saturated rings. The van der Waals surface area contributed by atoms with Gasteiger partial charge >= 0.3 is 0 Å². The van der Waals surface area contributed by atoms with Gasteiger partial charge in [0.2, 0.25) is 10.0 Å². The number of hydrogen-bond acceptors (Lipinski definition) is 5. The van der Waals surface area contributed by atoms with E-state index in [0.717, 1.165) is 0 Å². The maximum Gasteiger partial charge on any atom is 0.211 e. The van der Waals surface area contributed by atoms with Crippen molar-refractivity contribution >= 4 is 10.0 Å². The van der Waals surface area contributed by atoms with E-state index >= 15 is 0 Å². The van der Waals surface area contributed by atoms with E-state index in [-0.39, 0.29) is 11.3 Å². The molecule has 110 valence electrons. The third-order valence-electron chi connectivity index (χ3n) is 4.12. The maximum absolute atomic E-state index is 11.7. The molecule has 20 heavy (non-hydrogen) atoms.